The monoisotopic (exact) mass is 233 g/mol. The van der Waals surface area contributed by atoms with Crippen LogP contribution in [0.4, 0.5) is 0 Å². The molecule has 0 saturated heterocycles. The molecule has 0 amide bonds. The van der Waals surface area contributed by atoms with Crippen LogP contribution in [0.5, 0.6) is 5.75 Å². The Morgan fingerprint density at radius 1 is 1.59 bits per heavy atom. The lowest BCUT2D eigenvalue weighted by molar-refractivity contribution is 0.0696. The Labute approximate surface area is 97.5 Å². The molecule has 17 heavy (non-hydrogen) atoms. The van der Waals surface area contributed by atoms with Crippen LogP contribution in [-0.4, -0.2) is 33.0 Å². The fraction of sp³-hybridized carbons (Fsp3) is 0.182. The third-order valence-electron chi connectivity index (χ3n) is 2.27. The van der Waals surface area contributed by atoms with Crippen molar-refractivity contribution < 1.29 is 14.6 Å². The number of ether oxygens (including phenoxy) is 1. The number of methoxy groups -OCH3 is 1. The van der Waals surface area contributed by atoms with Crippen LogP contribution in [0.2, 0.25) is 0 Å². The Morgan fingerprint density at radius 2 is 2.41 bits per heavy atom. The van der Waals surface area contributed by atoms with Crippen molar-refractivity contribution in [1.29, 1.82) is 0 Å². The molecule has 2 heterocycles. The second-order valence-corrected chi connectivity index (χ2v) is 3.38. The van der Waals surface area contributed by atoms with Crippen molar-refractivity contribution in [1.82, 2.24) is 14.8 Å². The molecule has 2 aromatic heterocycles. The van der Waals surface area contributed by atoms with Gasteiger partial charge in [-0.15, -0.1) is 0 Å². The van der Waals surface area contributed by atoms with Crippen LogP contribution in [-0.2, 0) is 6.54 Å². The molecule has 0 aliphatic heterocycles. The Morgan fingerprint density at radius 3 is 3.00 bits per heavy atom. The Kier molecular flexibility index (Phi) is 3.04. The number of carbonyl (C=O) groups is 1. The van der Waals surface area contributed by atoms with Gasteiger partial charge in [0.2, 0.25) is 0 Å². The van der Waals surface area contributed by atoms with Crippen LogP contribution >= 0.6 is 0 Å². The summed E-state index contributed by atoms with van der Waals surface area (Å²) in [5.41, 5.74) is 0.743. The molecule has 6 heteroatoms. The average molecular weight is 233 g/mol. The smallest absolute Gasteiger partial charge is 0.337 e. The molecule has 0 unspecified atom stereocenters. The lowest BCUT2D eigenvalue weighted by Gasteiger charge is -2.08. The van der Waals surface area contributed by atoms with Crippen molar-refractivity contribution in [2.24, 2.45) is 0 Å². The van der Waals surface area contributed by atoms with E-state index in [1.807, 2.05) is 0 Å². The highest BCUT2D eigenvalue weighted by atomic mass is 16.5. The van der Waals surface area contributed by atoms with Gasteiger partial charge in [-0.3, -0.25) is 9.67 Å². The largest absolute Gasteiger partial charge is 0.495 e. The van der Waals surface area contributed by atoms with Gasteiger partial charge in [-0.05, 0) is 12.1 Å². The zero-order valence-electron chi connectivity index (χ0n) is 9.20. The van der Waals surface area contributed by atoms with E-state index in [9.17, 15) is 4.79 Å². The van der Waals surface area contributed by atoms with Gasteiger partial charge in [0.1, 0.15) is 11.4 Å². The van der Waals surface area contributed by atoms with Crippen LogP contribution in [0.3, 0.4) is 0 Å². The van der Waals surface area contributed by atoms with Crippen molar-refractivity contribution in [2.75, 3.05) is 7.11 Å². The summed E-state index contributed by atoms with van der Waals surface area (Å²) in [5, 5.41) is 12.9. The second-order valence-electron chi connectivity index (χ2n) is 3.38. The number of hydrogen-bond donors (Lipinski definition) is 1. The van der Waals surface area contributed by atoms with Gasteiger partial charge in [0, 0.05) is 18.6 Å². The van der Waals surface area contributed by atoms with Crippen molar-refractivity contribution in [3.8, 4) is 5.75 Å². The van der Waals surface area contributed by atoms with Gasteiger partial charge in [-0.2, -0.15) is 5.10 Å². The van der Waals surface area contributed by atoms with Gasteiger partial charge in [0.25, 0.3) is 0 Å². The van der Waals surface area contributed by atoms with E-state index in [2.05, 4.69) is 10.1 Å². The molecule has 0 aromatic carbocycles. The zero-order valence-corrected chi connectivity index (χ0v) is 9.20. The first-order valence-electron chi connectivity index (χ1n) is 4.94. The molecule has 2 rings (SSSR count). The number of nitrogens with zero attached hydrogens (tertiary/aromatic N) is 3. The Balaban J connectivity index is 2.31. The number of carboxylic acids is 1. The first-order valence-corrected chi connectivity index (χ1v) is 4.94. The predicted octanol–water partition coefficient (Wildman–Crippen LogP) is 1.03. The SMILES string of the molecule is COc1cc(C(=O)O)cnc1Cn1cccn1. The molecule has 0 aliphatic carbocycles. The van der Waals surface area contributed by atoms with Gasteiger partial charge in [0.05, 0.1) is 19.2 Å². The van der Waals surface area contributed by atoms with Gasteiger partial charge in [-0.25, -0.2) is 4.79 Å². The molecule has 0 spiro atoms. The molecule has 6 nitrogen and oxygen atoms in total. The third-order valence-corrected chi connectivity index (χ3v) is 2.27. The average Bonchev–Trinajstić information content (AvgIpc) is 2.82. The van der Waals surface area contributed by atoms with E-state index in [1.165, 1.54) is 19.4 Å². The summed E-state index contributed by atoms with van der Waals surface area (Å²) in [5.74, 6) is -0.582. The minimum Gasteiger partial charge on any atom is -0.495 e. The Hall–Kier alpha value is -2.37. The predicted molar refractivity (Wildman–Crippen MR) is 59.1 cm³/mol. The fourth-order valence-electron chi connectivity index (χ4n) is 1.43. The summed E-state index contributed by atoms with van der Waals surface area (Å²) in [7, 11) is 1.48. The Bertz CT molecular complexity index is 523. The van der Waals surface area contributed by atoms with Gasteiger partial charge in [0.15, 0.2) is 0 Å². The first-order chi connectivity index (χ1) is 8.20. The van der Waals surface area contributed by atoms with E-state index in [0.29, 0.717) is 18.0 Å². The lowest BCUT2D eigenvalue weighted by Crippen LogP contribution is -2.06. The number of pyridine rings is 1. The molecule has 0 bridgehead atoms. The zero-order chi connectivity index (χ0) is 12.3. The summed E-state index contributed by atoms with van der Waals surface area (Å²) in [4.78, 5) is 14.9. The molecule has 1 N–H and O–H groups in total. The van der Waals surface area contributed by atoms with Crippen LogP contribution in [0.1, 0.15) is 16.1 Å². The van der Waals surface area contributed by atoms with Crippen LogP contribution in [0, 0.1) is 0 Å². The normalized spacial score (nSPS) is 10.2. The minimum absolute atomic E-state index is 0.103. The quantitative estimate of drug-likeness (QED) is 0.853. The van der Waals surface area contributed by atoms with Crippen LogP contribution < -0.4 is 4.74 Å². The third kappa shape index (κ3) is 2.41. The molecular formula is C11H11N3O3. The molecule has 0 aliphatic rings. The maximum atomic E-state index is 10.8. The van der Waals surface area contributed by atoms with Crippen molar-refractivity contribution >= 4 is 5.97 Å². The standard InChI is InChI=1S/C11H11N3O3/c1-17-10-5-8(11(15)16)6-12-9(10)7-14-4-2-3-13-14/h2-6H,7H2,1H3,(H,15,16). The van der Waals surface area contributed by atoms with E-state index >= 15 is 0 Å². The van der Waals surface area contributed by atoms with E-state index in [4.69, 9.17) is 9.84 Å². The van der Waals surface area contributed by atoms with Crippen LogP contribution in [0.15, 0.2) is 30.7 Å². The molecule has 0 radical (unpaired) electrons. The number of carboxylic acid groups (broad SMARTS) is 1. The summed E-state index contributed by atoms with van der Waals surface area (Å²) in [6, 6.07) is 3.26. The maximum absolute atomic E-state index is 10.8. The highest BCUT2D eigenvalue weighted by Gasteiger charge is 2.10. The van der Waals surface area contributed by atoms with E-state index in [-0.39, 0.29) is 5.56 Å². The summed E-state index contributed by atoms with van der Waals surface area (Å²) >= 11 is 0. The van der Waals surface area contributed by atoms with Gasteiger partial charge < -0.3 is 9.84 Å². The van der Waals surface area contributed by atoms with Gasteiger partial charge >= 0.3 is 5.97 Å². The molecular weight excluding hydrogens is 222 g/mol. The van der Waals surface area contributed by atoms with Crippen molar-refractivity contribution in [3.05, 3.63) is 42.0 Å². The highest BCUT2D eigenvalue weighted by molar-refractivity contribution is 5.87. The molecule has 88 valence electrons. The number of aromatic carboxylic acids is 1. The fourth-order valence-corrected chi connectivity index (χ4v) is 1.43. The van der Waals surface area contributed by atoms with E-state index < -0.39 is 5.97 Å². The molecule has 0 atom stereocenters. The second kappa shape index (κ2) is 4.65. The van der Waals surface area contributed by atoms with E-state index in [0.717, 1.165) is 0 Å². The first kappa shape index (κ1) is 11.1. The molecule has 0 fully saturated rings. The van der Waals surface area contributed by atoms with Crippen LogP contribution in [0.25, 0.3) is 0 Å². The molecule has 2 aromatic rings. The maximum Gasteiger partial charge on any atom is 0.337 e. The van der Waals surface area contributed by atoms with E-state index in [1.54, 1.807) is 23.1 Å². The number of aromatic nitrogens is 3. The summed E-state index contributed by atoms with van der Waals surface area (Å²) < 4.78 is 6.80. The molecule has 0 saturated carbocycles. The number of hydrogen-bond acceptors (Lipinski definition) is 4. The number of rotatable bonds is 4. The van der Waals surface area contributed by atoms with Crippen molar-refractivity contribution in [3.63, 3.8) is 0 Å². The summed E-state index contributed by atoms with van der Waals surface area (Å²) in [6.07, 6.45) is 4.77. The van der Waals surface area contributed by atoms with Crippen molar-refractivity contribution in [2.45, 2.75) is 6.54 Å². The minimum atomic E-state index is -1.03. The van der Waals surface area contributed by atoms with Gasteiger partial charge in [-0.1, -0.05) is 0 Å². The highest BCUT2D eigenvalue weighted by Crippen LogP contribution is 2.18. The lowest BCUT2D eigenvalue weighted by atomic mass is 10.2. The summed E-state index contributed by atoms with van der Waals surface area (Å²) in [6.45, 7) is 0.441. The topological polar surface area (TPSA) is 77.2 Å².